The van der Waals surface area contributed by atoms with Crippen molar-refractivity contribution in [1.82, 2.24) is 9.13 Å². The molecule has 0 fully saturated rings. The Morgan fingerprint density at radius 3 is 2.41 bits per heavy atom. The number of aliphatic hydroxyl groups is 1. The van der Waals surface area contributed by atoms with Crippen molar-refractivity contribution in [2.75, 3.05) is 13.7 Å². The molecule has 1 unspecified atom stereocenters. The number of aromatic nitrogens is 2. The third-order valence-corrected chi connectivity index (χ3v) is 8.87. The smallest absolute Gasteiger partial charge is 0.419 e. The molecule has 0 saturated carbocycles. The molecule has 0 radical (unpaired) electrons. The van der Waals surface area contributed by atoms with Gasteiger partial charge in [0.05, 0.1) is 42.1 Å². The van der Waals surface area contributed by atoms with Crippen molar-refractivity contribution in [1.29, 1.82) is 5.26 Å². The third-order valence-electron chi connectivity index (χ3n) is 7.16. The molecule has 2 aromatic heterocycles. The molecule has 1 atom stereocenters. The van der Waals surface area contributed by atoms with E-state index in [-0.39, 0.29) is 6.61 Å². The average molecular weight is 576 g/mol. The van der Waals surface area contributed by atoms with E-state index in [0.717, 1.165) is 28.1 Å². The van der Waals surface area contributed by atoms with Crippen molar-refractivity contribution in [3.8, 4) is 11.8 Å². The van der Waals surface area contributed by atoms with Crippen LogP contribution < -0.4 is 4.74 Å². The van der Waals surface area contributed by atoms with Crippen LogP contribution in [-0.4, -0.2) is 47.7 Å². The van der Waals surface area contributed by atoms with Crippen molar-refractivity contribution in [2.24, 2.45) is 0 Å². The number of carbonyl (C=O) groups is 1. The minimum Gasteiger partial charge on any atom is -0.496 e. The van der Waals surface area contributed by atoms with Crippen molar-refractivity contribution in [3.63, 3.8) is 0 Å². The standard InChI is InChI=1S/C32H41N3O5Si/c1-21-16-27(38-6)28(25-12-13-34(29(21)25)30(36)40-31(2,3)4)32(5,37)35-19-23-17-22(18-33)10-11-24(23)26(35)20-39-14-15-41(7,8)9/h10-13,16-17,19,37H,14-15,20H2,1-9H3. The first-order valence-corrected chi connectivity index (χ1v) is 17.6. The number of carbonyl (C=O) groups excluding carboxylic acids is 1. The predicted octanol–water partition coefficient (Wildman–Crippen LogP) is 7.14. The Hall–Kier alpha value is -3.58. The number of ether oxygens (including phenoxy) is 3. The van der Waals surface area contributed by atoms with Gasteiger partial charge in [-0.05, 0) is 70.5 Å². The summed E-state index contributed by atoms with van der Waals surface area (Å²) in [6, 6.07) is 12.3. The van der Waals surface area contributed by atoms with E-state index in [1.54, 1.807) is 36.9 Å². The molecule has 0 aliphatic rings. The highest BCUT2D eigenvalue weighted by Crippen LogP contribution is 2.42. The van der Waals surface area contributed by atoms with E-state index in [1.165, 1.54) is 4.57 Å². The number of benzene rings is 2. The van der Waals surface area contributed by atoms with Crippen molar-refractivity contribution >= 4 is 35.8 Å². The fraction of sp³-hybridized carbons (Fsp3) is 0.438. The maximum absolute atomic E-state index is 13.1. The van der Waals surface area contributed by atoms with Gasteiger partial charge in [0.15, 0.2) is 5.72 Å². The van der Waals surface area contributed by atoms with Gasteiger partial charge in [0.2, 0.25) is 0 Å². The zero-order valence-corrected chi connectivity index (χ0v) is 26.6. The third kappa shape index (κ3) is 6.20. The van der Waals surface area contributed by atoms with Crippen molar-refractivity contribution < 1.29 is 24.1 Å². The van der Waals surface area contributed by atoms with Crippen molar-refractivity contribution in [3.05, 3.63) is 65.1 Å². The highest BCUT2D eigenvalue weighted by Gasteiger charge is 2.35. The molecule has 0 amide bonds. The summed E-state index contributed by atoms with van der Waals surface area (Å²) in [5.74, 6) is 0.489. The Labute approximate surface area is 243 Å². The first kappa shape index (κ1) is 30.4. The molecule has 0 saturated heterocycles. The molecule has 2 heterocycles. The normalized spacial score (nSPS) is 13.8. The molecule has 218 valence electrons. The number of fused-ring (bicyclic) bond motifs is 2. The number of nitriles is 1. The fourth-order valence-electron chi connectivity index (χ4n) is 5.17. The van der Waals surface area contributed by atoms with Gasteiger partial charge in [-0.15, -0.1) is 0 Å². The molecular weight excluding hydrogens is 534 g/mol. The molecule has 9 heteroatoms. The first-order valence-electron chi connectivity index (χ1n) is 13.8. The van der Waals surface area contributed by atoms with E-state index >= 15 is 0 Å². The lowest BCUT2D eigenvalue weighted by molar-refractivity contribution is 0.0162. The van der Waals surface area contributed by atoms with Crippen LogP contribution in [0.1, 0.15) is 50.1 Å². The Morgan fingerprint density at radius 1 is 1.10 bits per heavy atom. The van der Waals surface area contributed by atoms with Gasteiger partial charge >= 0.3 is 6.09 Å². The first-order chi connectivity index (χ1) is 19.1. The van der Waals surface area contributed by atoms with Gasteiger partial charge in [0.1, 0.15) is 11.4 Å². The number of aryl methyl sites for hydroxylation is 1. The summed E-state index contributed by atoms with van der Waals surface area (Å²) >= 11 is 0. The predicted molar refractivity (Wildman–Crippen MR) is 164 cm³/mol. The van der Waals surface area contributed by atoms with Gasteiger partial charge in [-0.1, -0.05) is 25.7 Å². The highest BCUT2D eigenvalue weighted by molar-refractivity contribution is 6.76. The van der Waals surface area contributed by atoms with E-state index in [9.17, 15) is 15.2 Å². The second-order valence-corrected chi connectivity index (χ2v) is 18.6. The summed E-state index contributed by atoms with van der Waals surface area (Å²) in [6.45, 7) is 16.9. The summed E-state index contributed by atoms with van der Waals surface area (Å²) in [7, 11) is 0.274. The minimum absolute atomic E-state index is 0.284. The van der Waals surface area contributed by atoms with Gasteiger partial charge < -0.3 is 23.9 Å². The summed E-state index contributed by atoms with van der Waals surface area (Å²) in [4.78, 5) is 13.1. The van der Waals surface area contributed by atoms with Crippen LogP contribution in [0.3, 0.4) is 0 Å². The van der Waals surface area contributed by atoms with Gasteiger partial charge in [0, 0.05) is 43.2 Å². The van der Waals surface area contributed by atoms with Crippen LogP contribution in [0.5, 0.6) is 5.75 Å². The van der Waals surface area contributed by atoms with Crippen LogP contribution in [-0.2, 0) is 21.8 Å². The van der Waals surface area contributed by atoms with Gasteiger partial charge in [-0.3, -0.25) is 4.57 Å². The average Bonchev–Trinajstić information content (AvgIpc) is 3.47. The van der Waals surface area contributed by atoms with Gasteiger partial charge in [-0.2, -0.15) is 5.26 Å². The minimum atomic E-state index is -1.61. The maximum atomic E-state index is 13.1. The van der Waals surface area contributed by atoms with E-state index < -0.39 is 25.5 Å². The highest BCUT2D eigenvalue weighted by atomic mass is 28.3. The van der Waals surface area contributed by atoms with Crippen LogP contribution in [0.4, 0.5) is 4.79 Å². The summed E-state index contributed by atoms with van der Waals surface area (Å²) in [5, 5.41) is 24.3. The number of rotatable bonds is 8. The Bertz CT molecular complexity index is 1640. The SMILES string of the molecule is COc1cc(C)c2c(ccn2C(=O)OC(C)(C)C)c1C(C)(O)n1cc2cc(C#N)ccc2c1COCC[Si](C)(C)C. The molecule has 41 heavy (non-hydrogen) atoms. The zero-order valence-electron chi connectivity index (χ0n) is 25.6. The van der Waals surface area contributed by atoms with Gasteiger partial charge in [0.25, 0.3) is 0 Å². The Balaban J connectivity index is 1.91. The molecule has 0 spiro atoms. The zero-order chi connectivity index (χ0) is 30.3. The monoisotopic (exact) mass is 575 g/mol. The van der Waals surface area contributed by atoms with Crippen molar-refractivity contribution in [2.45, 2.75) is 78.2 Å². The van der Waals surface area contributed by atoms with E-state index in [1.807, 2.05) is 52.1 Å². The van der Waals surface area contributed by atoms with Crippen LogP contribution in [0.25, 0.3) is 21.7 Å². The molecular formula is C32H41N3O5Si. The quantitative estimate of drug-likeness (QED) is 0.177. The maximum Gasteiger partial charge on any atom is 0.419 e. The van der Waals surface area contributed by atoms with Gasteiger partial charge in [-0.25, -0.2) is 4.79 Å². The summed E-state index contributed by atoms with van der Waals surface area (Å²) in [5.41, 5.74) is 0.982. The van der Waals surface area contributed by atoms with Crippen LogP contribution in [0.2, 0.25) is 25.7 Å². The van der Waals surface area contributed by atoms with Crippen LogP contribution in [0.15, 0.2) is 42.7 Å². The molecule has 0 aliphatic heterocycles. The topological polar surface area (TPSA) is 98.6 Å². The molecule has 2 aromatic carbocycles. The number of methoxy groups -OCH3 is 1. The number of hydrogen-bond acceptors (Lipinski definition) is 6. The largest absolute Gasteiger partial charge is 0.496 e. The molecule has 8 nitrogen and oxygen atoms in total. The summed E-state index contributed by atoms with van der Waals surface area (Å²) < 4.78 is 20.9. The van der Waals surface area contributed by atoms with E-state index in [2.05, 4.69) is 25.7 Å². The number of hydrogen-bond donors (Lipinski definition) is 1. The molecule has 4 aromatic rings. The molecule has 4 rings (SSSR count). The number of nitrogens with zero attached hydrogens (tertiary/aromatic N) is 3. The lowest BCUT2D eigenvalue weighted by Gasteiger charge is -2.31. The molecule has 1 N–H and O–H groups in total. The lowest BCUT2D eigenvalue weighted by atomic mass is 9.96. The second-order valence-electron chi connectivity index (χ2n) is 12.9. The Kier molecular flexibility index (Phi) is 8.16. The molecule has 0 bridgehead atoms. The Morgan fingerprint density at radius 2 is 1.80 bits per heavy atom. The van der Waals surface area contributed by atoms with E-state index in [0.29, 0.717) is 34.4 Å². The van der Waals surface area contributed by atoms with Crippen LogP contribution in [0, 0.1) is 18.3 Å². The summed E-state index contributed by atoms with van der Waals surface area (Å²) in [6.07, 6.45) is 3.01. The van der Waals surface area contributed by atoms with Crippen LogP contribution >= 0.6 is 0 Å². The fourth-order valence-corrected chi connectivity index (χ4v) is 5.93. The molecule has 0 aliphatic carbocycles. The lowest BCUT2D eigenvalue weighted by Crippen LogP contribution is -2.33. The van der Waals surface area contributed by atoms with E-state index in [4.69, 9.17) is 14.2 Å². The second kappa shape index (κ2) is 11.0.